The van der Waals surface area contributed by atoms with Crippen molar-refractivity contribution < 1.29 is 14.6 Å². The molecule has 0 saturated heterocycles. The van der Waals surface area contributed by atoms with Gasteiger partial charge in [0.15, 0.2) is 5.76 Å². The number of rotatable bonds is 6. The van der Waals surface area contributed by atoms with Gasteiger partial charge in [0, 0.05) is 11.1 Å². The topological polar surface area (TPSA) is 49.8 Å². The third kappa shape index (κ3) is 3.57. The second-order valence-corrected chi connectivity index (χ2v) is 7.37. The van der Waals surface area contributed by atoms with E-state index in [4.69, 9.17) is 4.74 Å². The summed E-state index contributed by atoms with van der Waals surface area (Å²) in [6.45, 7) is 2.45. The maximum absolute atomic E-state index is 13.2. The van der Waals surface area contributed by atoms with Gasteiger partial charge in [0.1, 0.15) is 5.75 Å². The van der Waals surface area contributed by atoms with Crippen LogP contribution in [0.3, 0.4) is 0 Å². The Morgan fingerprint density at radius 2 is 1.60 bits per heavy atom. The van der Waals surface area contributed by atoms with E-state index in [0.717, 1.165) is 28.9 Å². The molecule has 152 valence electrons. The Morgan fingerprint density at radius 3 is 2.27 bits per heavy atom. The number of aryl methyl sites for hydroxylation is 1. The fourth-order valence-electron chi connectivity index (χ4n) is 4.03. The number of aliphatic hydroxyl groups is 1. The van der Waals surface area contributed by atoms with E-state index in [-0.39, 0.29) is 17.7 Å². The fraction of sp³-hybridized carbons (Fsp3) is 0.192. The lowest BCUT2D eigenvalue weighted by Gasteiger charge is -2.28. The number of carbonyl (C=O) groups excluding carboxylic acids is 1. The molecule has 4 rings (SSSR count). The van der Waals surface area contributed by atoms with Crippen LogP contribution in [-0.2, 0) is 17.8 Å². The summed E-state index contributed by atoms with van der Waals surface area (Å²) in [5, 5.41) is 10.9. The van der Waals surface area contributed by atoms with E-state index in [1.54, 1.807) is 12.0 Å². The Morgan fingerprint density at radius 1 is 0.933 bits per heavy atom. The van der Waals surface area contributed by atoms with Crippen LogP contribution in [0.1, 0.15) is 35.2 Å². The predicted molar refractivity (Wildman–Crippen MR) is 118 cm³/mol. The monoisotopic (exact) mass is 399 g/mol. The SMILES string of the molecule is CCc1ccc([C@H]2C(c3ccccc3)=C(O)C(=O)N2Cc2ccccc2OC)cc1. The smallest absolute Gasteiger partial charge is 0.290 e. The molecule has 0 aliphatic carbocycles. The molecule has 4 nitrogen and oxygen atoms in total. The fourth-order valence-corrected chi connectivity index (χ4v) is 4.03. The van der Waals surface area contributed by atoms with Crippen molar-refractivity contribution in [2.45, 2.75) is 25.9 Å². The molecular weight excluding hydrogens is 374 g/mol. The molecule has 30 heavy (non-hydrogen) atoms. The van der Waals surface area contributed by atoms with Crippen LogP contribution >= 0.6 is 0 Å². The molecule has 3 aromatic rings. The number of amides is 1. The van der Waals surface area contributed by atoms with Crippen molar-refractivity contribution in [3.63, 3.8) is 0 Å². The Labute approximate surface area is 177 Å². The molecule has 0 spiro atoms. The summed E-state index contributed by atoms with van der Waals surface area (Å²) in [7, 11) is 1.62. The molecular formula is C26H25NO3. The number of hydrogen-bond acceptors (Lipinski definition) is 3. The molecule has 1 atom stereocenters. The van der Waals surface area contributed by atoms with E-state index < -0.39 is 0 Å². The third-order valence-electron chi connectivity index (χ3n) is 5.63. The molecule has 0 radical (unpaired) electrons. The number of hydrogen-bond donors (Lipinski definition) is 1. The maximum atomic E-state index is 13.2. The van der Waals surface area contributed by atoms with Crippen LogP contribution in [0.25, 0.3) is 5.57 Å². The summed E-state index contributed by atoms with van der Waals surface area (Å²) in [6, 6.07) is 25.2. The Hall–Kier alpha value is -3.53. The summed E-state index contributed by atoms with van der Waals surface area (Å²) in [6.07, 6.45) is 0.946. The number of ether oxygens (including phenoxy) is 1. The maximum Gasteiger partial charge on any atom is 0.290 e. The Balaban J connectivity index is 1.81. The van der Waals surface area contributed by atoms with Gasteiger partial charge >= 0.3 is 0 Å². The summed E-state index contributed by atoms with van der Waals surface area (Å²) in [4.78, 5) is 14.9. The average Bonchev–Trinajstić information content (AvgIpc) is 3.05. The molecule has 1 heterocycles. The van der Waals surface area contributed by atoms with E-state index in [1.165, 1.54) is 5.56 Å². The van der Waals surface area contributed by atoms with Gasteiger partial charge in [-0.15, -0.1) is 0 Å². The summed E-state index contributed by atoms with van der Waals surface area (Å²) >= 11 is 0. The molecule has 0 aromatic heterocycles. The zero-order valence-corrected chi connectivity index (χ0v) is 17.2. The van der Waals surface area contributed by atoms with E-state index in [0.29, 0.717) is 12.1 Å². The lowest BCUT2D eigenvalue weighted by atomic mass is 9.92. The Bertz CT molecular complexity index is 1070. The van der Waals surface area contributed by atoms with Crippen molar-refractivity contribution in [1.29, 1.82) is 0 Å². The molecule has 0 saturated carbocycles. The second kappa shape index (κ2) is 8.46. The van der Waals surface area contributed by atoms with Crippen molar-refractivity contribution in [3.05, 3.63) is 107 Å². The van der Waals surface area contributed by atoms with Crippen LogP contribution in [0.15, 0.2) is 84.6 Å². The highest BCUT2D eigenvalue weighted by atomic mass is 16.5. The van der Waals surface area contributed by atoms with Gasteiger partial charge in [-0.05, 0) is 29.2 Å². The first kappa shape index (κ1) is 19.8. The highest BCUT2D eigenvalue weighted by Gasteiger charge is 2.41. The highest BCUT2D eigenvalue weighted by molar-refractivity contribution is 6.05. The van der Waals surface area contributed by atoms with Crippen LogP contribution in [0.5, 0.6) is 5.75 Å². The minimum Gasteiger partial charge on any atom is -0.503 e. The van der Waals surface area contributed by atoms with Gasteiger partial charge in [0.25, 0.3) is 5.91 Å². The summed E-state index contributed by atoms with van der Waals surface area (Å²) in [5.74, 6) is 0.156. The predicted octanol–water partition coefficient (Wildman–Crippen LogP) is 5.31. The van der Waals surface area contributed by atoms with Crippen molar-refractivity contribution in [2.24, 2.45) is 0 Å². The van der Waals surface area contributed by atoms with Gasteiger partial charge in [-0.3, -0.25) is 4.79 Å². The number of aliphatic hydroxyl groups excluding tert-OH is 1. The van der Waals surface area contributed by atoms with Gasteiger partial charge in [-0.25, -0.2) is 0 Å². The quantitative estimate of drug-likeness (QED) is 0.611. The molecule has 1 amide bonds. The molecule has 0 bridgehead atoms. The van der Waals surface area contributed by atoms with Crippen LogP contribution < -0.4 is 4.74 Å². The molecule has 1 aliphatic rings. The average molecular weight is 399 g/mol. The number of carbonyl (C=O) groups is 1. The number of nitrogens with zero attached hydrogens (tertiary/aromatic N) is 1. The molecule has 1 N–H and O–H groups in total. The highest BCUT2D eigenvalue weighted by Crippen LogP contribution is 2.44. The second-order valence-electron chi connectivity index (χ2n) is 7.37. The minimum atomic E-state index is -0.379. The van der Waals surface area contributed by atoms with Gasteiger partial charge in [0.05, 0.1) is 19.7 Å². The molecule has 0 fully saturated rings. The normalized spacial score (nSPS) is 16.3. The Kier molecular flexibility index (Phi) is 5.57. The van der Waals surface area contributed by atoms with E-state index in [9.17, 15) is 9.90 Å². The first-order valence-electron chi connectivity index (χ1n) is 10.1. The van der Waals surface area contributed by atoms with Crippen molar-refractivity contribution in [3.8, 4) is 5.75 Å². The number of benzene rings is 3. The van der Waals surface area contributed by atoms with E-state index >= 15 is 0 Å². The van der Waals surface area contributed by atoms with E-state index in [1.807, 2.05) is 66.7 Å². The van der Waals surface area contributed by atoms with Gasteiger partial charge in [-0.2, -0.15) is 0 Å². The zero-order valence-electron chi connectivity index (χ0n) is 17.2. The van der Waals surface area contributed by atoms with Crippen LogP contribution in [0, 0.1) is 0 Å². The summed E-state index contributed by atoms with van der Waals surface area (Å²) < 4.78 is 5.49. The van der Waals surface area contributed by atoms with Crippen LogP contribution in [0.2, 0.25) is 0 Å². The minimum absolute atomic E-state index is 0.194. The molecule has 0 unspecified atom stereocenters. The summed E-state index contributed by atoms with van der Waals surface area (Å²) in [5.41, 5.74) is 4.58. The third-order valence-corrected chi connectivity index (χ3v) is 5.63. The van der Waals surface area contributed by atoms with Crippen molar-refractivity contribution in [1.82, 2.24) is 4.90 Å². The van der Waals surface area contributed by atoms with Crippen LogP contribution in [0.4, 0.5) is 0 Å². The van der Waals surface area contributed by atoms with E-state index in [2.05, 4.69) is 19.1 Å². The molecule has 1 aliphatic heterocycles. The lowest BCUT2D eigenvalue weighted by molar-refractivity contribution is -0.130. The van der Waals surface area contributed by atoms with Gasteiger partial charge in [-0.1, -0.05) is 79.7 Å². The van der Waals surface area contributed by atoms with Crippen LogP contribution in [-0.4, -0.2) is 23.0 Å². The number of methoxy groups -OCH3 is 1. The van der Waals surface area contributed by atoms with Crippen molar-refractivity contribution >= 4 is 11.5 Å². The molecule has 3 aromatic carbocycles. The number of para-hydroxylation sites is 1. The van der Waals surface area contributed by atoms with Gasteiger partial charge in [0.2, 0.25) is 0 Å². The first-order valence-corrected chi connectivity index (χ1v) is 10.1. The first-order chi connectivity index (χ1) is 14.6. The van der Waals surface area contributed by atoms with Gasteiger partial charge < -0.3 is 14.7 Å². The molecule has 4 heteroatoms. The largest absolute Gasteiger partial charge is 0.503 e. The van der Waals surface area contributed by atoms with Crippen molar-refractivity contribution in [2.75, 3.05) is 7.11 Å². The lowest BCUT2D eigenvalue weighted by Crippen LogP contribution is -2.30. The zero-order chi connectivity index (χ0) is 21.1. The standard InChI is InChI=1S/C26H25NO3/c1-3-18-13-15-20(16-14-18)24-23(19-9-5-4-6-10-19)25(28)26(29)27(24)17-21-11-7-8-12-22(21)30-2/h4-16,24,28H,3,17H2,1-2H3/t24-/m0/s1.